The first-order chi connectivity index (χ1) is 9.42. The summed E-state index contributed by atoms with van der Waals surface area (Å²) in [7, 11) is 0. The molecule has 0 amide bonds. The highest BCUT2D eigenvalue weighted by molar-refractivity contribution is 7.29. The van der Waals surface area contributed by atoms with Crippen LogP contribution in [0.25, 0.3) is 29.9 Å². The predicted molar refractivity (Wildman–Crippen MR) is 85.5 cm³/mol. The molecule has 2 heterocycles. The molecule has 0 atom stereocenters. The fourth-order valence-corrected chi connectivity index (χ4v) is 5.72. The summed E-state index contributed by atoms with van der Waals surface area (Å²) in [4.78, 5) is 3.02. The van der Waals surface area contributed by atoms with Crippen molar-refractivity contribution in [3.05, 3.63) is 59.7 Å². The second-order valence-electron chi connectivity index (χ2n) is 4.99. The Hall–Kier alpha value is -1.64. The van der Waals surface area contributed by atoms with Crippen molar-refractivity contribution in [1.82, 2.24) is 0 Å². The number of thiophene rings is 2. The Bertz CT molecular complexity index is 862. The minimum absolute atomic E-state index is 1.11. The van der Waals surface area contributed by atoms with Gasteiger partial charge in [0.15, 0.2) is 0 Å². The Morgan fingerprint density at radius 1 is 0.632 bits per heavy atom. The Labute approximate surface area is 118 Å². The Morgan fingerprint density at radius 3 is 1.63 bits per heavy atom. The van der Waals surface area contributed by atoms with Crippen molar-refractivity contribution in [1.29, 1.82) is 0 Å². The summed E-state index contributed by atoms with van der Waals surface area (Å²) < 4.78 is 2.85. The molecule has 0 bridgehead atoms. The topological polar surface area (TPSA) is 0 Å². The third kappa shape index (κ3) is 1.23. The van der Waals surface area contributed by atoms with Crippen LogP contribution in [0.2, 0.25) is 0 Å². The van der Waals surface area contributed by atoms with Gasteiger partial charge in [0, 0.05) is 25.6 Å². The first kappa shape index (κ1) is 10.2. The van der Waals surface area contributed by atoms with E-state index >= 15 is 0 Å². The van der Waals surface area contributed by atoms with Crippen LogP contribution in [0.5, 0.6) is 0 Å². The van der Waals surface area contributed by atoms with Crippen molar-refractivity contribution in [2.24, 2.45) is 0 Å². The molecule has 1 aliphatic rings. The van der Waals surface area contributed by atoms with Gasteiger partial charge >= 0.3 is 0 Å². The molecule has 0 nitrogen and oxygen atoms in total. The zero-order valence-electron chi connectivity index (χ0n) is 10.1. The molecule has 0 radical (unpaired) electrons. The molecule has 1 aliphatic carbocycles. The highest BCUT2D eigenvalue weighted by Gasteiger charge is 2.26. The number of rotatable bonds is 0. The molecule has 90 valence electrons. The molecule has 0 N–H and O–H groups in total. The maximum atomic E-state index is 2.27. The van der Waals surface area contributed by atoms with Crippen molar-refractivity contribution in [2.45, 2.75) is 6.42 Å². The van der Waals surface area contributed by atoms with Gasteiger partial charge in [0.2, 0.25) is 0 Å². The number of benzene rings is 2. The van der Waals surface area contributed by atoms with Crippen LogP contribution >= 0.6 is 22.7 Å². The normalized spacial score (nSPS) is 13.1. The summed E-state index contributed by atoms with van der Waals surface area (Å²) in [5.74, 6) is 0. The molecular formula is C17H10S2. The van der Waals surface area contributed by atoms with E-state index in [0.717, 1.165) is 6.42 Å². The van der Waals surface area contributed by atoms with Gasteiger partial charge < -0.3 is 0 Å². The predicted octanol–water partition coefficient (Wildman–Crippen LogP) is 5.69. The van der Waals surface area contributed by atoms with E-state index in [9.17, 15) is 0 Å². The van der Waals surface area contributed by atoms with Crippen LogP contribution in [0.4, 0.5) is 0 Å². The molecule has 5 rings (SSSR count). The molecule has 4 aromatic rings. The molecule has 2 heteroatoms. The third-order valence-electron chi connectivity index (χ3n) is 3.96. The summed E-state index contributed by atoms with van der Waals surface area (Å²) in [6.45, 7) is 0. The summed E-state index contributed by atoms with van der Waals surface area (Å²) in [5, 5.41) is 2.91. The molecule has 0 spiro atoms. The van der Waals surface area contributed by atoms with Crippen LogP contribution in [0.1, 0.15) is 11.1 Å². The average Bonchev–Trinajstić information content (AvgIpc) is 3.07. The average molecular weight is 278 g/mol. The number of hydrogen-bond donors (Lipinski definition) is 0. The fraction of sp³-hybridized carbons (Fsp3) is 0.0588. The van der Waals surface area contributed by atoms with Crippen molar-refractivity contribution in [3.8, 4) is 9.75 Å². The second kappa shape index (κ2) is 3.47. The SMILES string of the molecule is c1ccc2c3c(sc2c1)-c1sc2ccccc2c1C3. The monoisotopic (exact) mass is 278 g/mol. The van der Waals surface area contributed by atoms with Gasteiger partial charge in [0.1, 0.15) is 0 Å². The van der Waals surface area contributed by atoms with E-state index in [-0.39, 0.29) is 0 Å². The van der Waals surface area contributed by atoms with Gasteiger partial charge in [-0.3, -0.25) is 0 Å². The summed E-state index contributed by atoms with van der Waals surface area (Å²) in [6.07, 6.45) is 1.11. The Balaban J connectivity index is 1.91. The first-order valence-corrected chi connectivity index (χ1v) is 8.06. The quantitative estimate of drug-likeness (QED) is 0.341. The van der Waals surface area contributed by atoms with Crippen molar-refractivity contribution in [2.75, 3.05) is 0 Å². The standard InChI is InChI=1S/C17H10S2/c1-3-7-14-10(5-1)12-9-13-11-6-2-4-8-15(11)19-17(13)16(12)18-14/h1-8H,9H2. The first-order valence-electron chi connectivity index (χ1n) is 6.43. The molecule has 2 aromatic carbocycles. The number of fused-ring (bicyclic) bond motifs is 7. The largest absolute Gasteiger partial charge is 0.134 e. The van der Waals surface area contributed by atoms with E-state index in [1.165, 1.54) is 29.9 Å². The van der Waals surface area contributed by atoms with E-state index in [4.69, 9.17) is 0 Å². The summed E-state index contributed by atoms with van der Waals surface area (Å²) in [6, 6.07) is 17.6. The number of hydrogen-bond acceptors (Lipinski definition) is 2. The van der Waals surface area contributed by atoms with Crippen molar-refractivity contribution < 1.29 is 0 Å². The molecule has 2 aromatic heterocycles. The maximum Gasteiger partial charge on any atom is 0.0493 e. The zero-order valence-corrected chi connectivity index (χ0v) is 11.8. The van der Waals surface area contributed by atoms with E-state index in [1.807, 2.05) is 22.7 Å². The Morgan fingerprint density at radius 2 is 1.11 bits per heavy atom. The lowest BCUT2D eigenvalue weighted by Crippen LogP contribution is -1.79. The van der Waals surface area contributed by atoms with Crippen LogP contribution in [-0.4, -0.2) is 0 Å². The van der Waals surface area contributed by atoms with Crippen LogP contribution in [0.15, 0.2) is 48.5 Å². The van der Waals surface area contributed by atoms with E-state index in [1.54, 1.807) is 11.1 Å². The highest BCUT2D eigenvalue weighted by Crippen LogP contribution is 2.52. The van der Waals surface area contributed by atoms with Crippen LogP contribution < -0.4 is 0 Å². The van der Waals surface area contributed by atoms with Gasteiger partial charge in [-0.1, -0.05) is 36.4 Å². The minimum atomic E-state index is 1.11. The van der Waals surface area contributed by atoms with Crippen molar-refractivity contribution >= 4 is 42.8 Å². The Kier molecular flexibility index (Phi) is 1.86. The molecule has 0 unspecified atom stereocenters. The van der Waals surface area contributed by atoms with Gasteiger partial charge in [-0.2, -0.15) is 0 Å². The zero-order chi connectivity index (χ0) is 12.4. The summed E-state index contributed by atoms with van der Waals surface area (Å²) >= 11 is 3.91. The van der Waals surface area contributed by atoms with Gasteiger partial charge in [0.05, 0.1) is 0 Å². The summed E-state index contributed by atoms with van der Waals surface area (Å²) in [5.41, 5.74) is 3.10. The highest BCUT2D eigenvalue weighted by atomic mass is 32.1. The van der Waals surface area contributed by atoms with Gasteiger partial charge in [-0.15, -0.1) is 22.7 Å². The smallest absolute Gasteiger partial charge is 0.0493 e. The lowest BCUT2D eigenvalue weighted by Gasteiger charge is -1.96. The fourth-order valence-electron chi connectivity index (χ4n) is 3.09. The molecular weight excluding hydrogens is 268 g/mol. The molecule has 0 fully saturated rings. The van der Waals surface area contributed by atoms with Gasteiger partial charge in [-0.05, 0) is 34.0 Å². The van der Waals surface area contributed by atoms with E-state index < -0.39 is 0 Å². The lowest BCUT2D eigenvalue weighted by atomic mass is 10.1. The van der Waals surface area contributed by atoms with Crippen LogP contribution in [0, 0.1) is 0 Å². The molecule has 19 heavy (non-hydrogen) atoms. The molecule has 0 aliphatic heterocycles. The van der Waals surface area contributed by atoms with Gasteiger partial charge in [0.25, 0.3) is 0 Å². The minimum Gasteiger partial charge on any atom is -0.134 e. The molecule has 0 saturated carbocycles. The lowest BCUT2D eigenvalue weighted by molar-refractivity contribution is 1.32. The van der Waals surface area contributed by atoms with Crippen LogP contribution in [0.3, 0.4) is 0 Å². The van der Waals surface area contributed by atoms with Crippen LogP contribution in [-0.2, 0) is 6.42 Å². The second-order valence-corrected chi connectivity index (χ2v) is 7.09. The van der Waals surface area contributed by atoms with Crippen molar-refractivity contribution in [3.63, 3.8) is 0 Å². The maximum absolute atomic E-state index is 2.27. The van der Waals surface area contributed by atoms with Gasteiger partial charge in [-0.25, -0.2) is 0 Å². The molecule has 0 saturated heterocycles. The third-order valence-corrected chi connectivity index (χ3v) is 6.55. The van der Waals surface area contributed by atoms with E-state index in [0.29, 0.717) is 0 Å². The van der Waals surface area contributed by atoms with E-state index in [2.05, 4.69) is 48.5 Å².